The highest BCUT2D eigenvalue weighted by atomic mass is 32.2. The molecule has 2 aromatic carbocycles. The Morgan fingerprint density at radius 1 is 1.14 bits per heavy atom. The molecule has 4 rings (SSSR count). The number of carbonyl (C=O) groups excluding carboxylic acids is 1. The molecule has 0 bridgehead atoms. The van der Waals surface area contributed by atoms with E-state index in [0.29, 0.717) is 18.4 Å². The van der Waals surface area contributed by atoms with Gasteiger partial charge in [0.2, 0.25) is 15.9 Å². The highest BCUT2D eigenvalue weighted by Gasteiger charge is 2.36. The van der Waals surface area contributed by atoms with Crippen LogP contribution in [-0.4, -0.2) is 36.9 Å². The molecule has 184 valence electrons. The number of carbonyl (C=O) groups is 1. The van der Waals surface area contributed by atoms with Crippen LogP contribution in [0.1, 0.15) is 42.3 Å². The van der Waals surface area contributed by atoms with E-state index >= 15 is 0 Å². The Hall–Kier alpha value is -3.30. The van der Waals surface area contributed by atoms with Gasteiger partial charge in [0, 0.05) is 30.3 Å². The molecule has 1 fully saturated rings. The zero-order valence-electron chi connectivity index (χ0n) is 19.7. The molecule has 0 saturated carbocycles. The third kappa shape index (κ3) is 5.52. The van der Waals surface area contributed by atoms with Gasteiger partial charge in [-0.25, -0.2) is 12.8 Å². The second kappa shape index (κ2) is 10.5. The number of anilines is 1. The maximum Gasteiger partial charge on any atom is 0.248 e. The predicted molar refractivity (Wildman–Crippen MR) is 133 cm³/mol. The van der Waals surface area contributed by atoms with Gasteiger partial charge in [-0.3, -0.25) is 4.79 Å². The zero-order valence-corrected chi connectivity index (χ0v) is 20.5. The van der Waals surface area contributed by atoms with E-state index in [-0.39, 0.29) is 41.3 Å². The van der Waals surface area contributed by atoms with Crippen molar-refractivity contribution < 1.29 is 22.1 Å². The number of hydrogen-bond acceptors (Lipinski definition) is 5. The van der Waals surface area contributed by atoms with Crippen LogP contribution in [0.4, 0.5) is 10.1 Å². The Morgan fingerprint density at radius 3 is 2.49 bits per heavy atom. The van der Waals surface area contributed by atoms with Crippen LogP contribution < -0.4 is 5.32 Å². The van der Waals surface area contributed by atoms with Crippen molar-refractivity contribution in [2.45, 2.75) is 38.0 Å². The lowest BCUT2D eigenvalue weighted by Gasteiger charge is -2.30. The van der Waals surface area contributed by atoms with Gasteiger partial charge in [0.1, 0.15) is 11.5 Å². The summed E-state index contributed by atoms with van der Waals surface area (Å²) in [5, 5.41) is 6.75. The molecule has 9 heteroatoms. The molecule has 0 spiro atoms. The molecule has 35 heavy (non-hydrogen) atoms. The normalized spacial score (nSPS) is 15.5. The maximum absolute atomic E-state index is 13.9. The van der Waals surface area contributed by atoms with Gasteiger partial charge in [0.25, 0.3) is 0 Å². The Labute approximate surface area is 204 Å². The molecular weight excluding hydrogens is 469 g/mol. The van der Waals surface area contributed by atoms with Crippen molar-refractivity contribution in [3.63, 3.8) is 0 Å². The fraction of sp³-hybridized carbons (Fsp3) is 0.308. The maximum atomic E-state index is 13.9. The number of hydrogen-bond donors (Lipinski definition) is 1. The largest absolute Gasteiger partial charge is 0.355 e. The highest BCUT2D eigenvalue weighted by Crippen LogP contribution is 2.30. The minimum Gasteiger partial charge on any atom is -0.355 e. The van der Waals surface area contributed by atoms with Gasteiger partial charge >= 0.3 is 0 Å². The Morgan fingerprint density at radius 2 is 1.83 bits per heavy atom. The number of piperidine rings is 1. The number of benzene rings is 2. The molecule has 7 nitrogen and oxygen atoms in total. The van der Waals surface area contributed by atoms with Crippen LogP contribution in [0.5, 0.6) is 0 Å². The highest BCUT2D eigenvalue weighted by molar-refractivity contribution is 7.89. The van der Waals surface area contributed by atoms with Crippen molar-refractivity contribution >= 4 is 33.8 Å². The van der Waals surface area contributed by atoms with Crippen molar-refractivity contribution in [1.29, 1.82) is 0 Å². The van der Waals surface area contributed by atoms with E-state index in [1.54, 1.807) is 25.1 Å². The summed E-state index contributed by atoms with van der Waals surface area (Å²) in [7, 11) is -3.91. The number of aryl methyl sites for hydroxylation is 2. The van der Waals surface area contributed by atoms with Crippen LogP contribution in [0.15, 0.2) is 57.9 Å². The van der Waals surface area contributed by atoms with Gasteiger partial charge in [-0.1, -0.05) is 42.4 Å². The average Bonchev–Trinajstić information content (AvgIpc) is 3.25. The Bertz CT molecular complexity index is 1320. The van der Waals surface area contributed by atoms with Gasteiger partial charge in [-0.15, -0.1) is 0 Å². The molecule has 1 N–H and O–H groups in total. The van der Waals surface area contributed by atoms with E-state index in [2.05, 4.69) is 17.4 Å². The summed E-state index contributed by atoms with van der Waals surface area (Å²) in [5.41, 5.74) is 2.46. The number of rotatable bonds is 7. The number of nitrogens with one attached hydrogen (secondary N) is 1. The van der Waals surface area contributed by atoms with E-state index in [1.165, 1.54) is 28.1 Å². The van der Waals surface area contributed by atoms with E-state index in [4.69, 9.17) is 4.52 Å². The molecule has 1 aliphatic heterocycles. The lowest BCUT2D eigenvalue weighted by molar-refractivity contribution is -0.120. The van der Waals surface area contributed by atoms with Crippen LogP contribution >= 0.6 is 0 Å². The third-order valence-corrected chi connectivity index (χ3v) is 8.26. The summed E-state index contributed by atoms with van der Waals surface area (Å²) in [6.07, 6.45) is 4.60. The molecule has 1 aromatic heterocycles. The average molecular weight is 498 g/mol. The molecule has 0 unspecified atom stereocenters. The monoisotopic (exact) mass is 497 g/mol. The van der Waals surface area contributed by atoms with Crippen LogP contribution in [0.25, 0.3) is 12.2 Å². The fourth-order valence-corrected chi connectivity index (χ4v) is 5.85. The van der Waals surface area contributed by atoms with Crippen molar-refractivity contribution in [3.05, 3.63) is 76.9 Å². The van der Waals surface area contributed by atoms with Crippen molar-refractivity contribution in [1.82, 2.24) is 9.46 Å². The molecule has 3 aromatic rings. The number of aromatic nitrogens is 1. The lowest BCUT2D eigenvalue weighted by atomic mass is 9.97. The minimum atomic E-state index is -3.91. The molecule has 1 saturated heterocycles. The van der Waals surface area contributed by atoms with Crippen molar-refractivity contribution in [3.8, 4) is 0 Å². The van der Waals surface area contributed by atoms with Gasteiger partial charge in [-0.05, 0) is 62.1 Å². The van der Waals surface area contributed by atoms with Gasteiger partial charge in [0.15, 0.2) is 10.7 Å². The van der Waals surface area contributed by atoms with Crippen LogP contribution in [0, 0.1) is 18.7 Å². The Balaban J connectivity index is 1.44. The molecule has 0 atom stereocenters. The van der Waals surface area contributed by atoms with Crippen LogP contribution in [0.3, 0.4) is 0 Å². The van der Waals surface area contributed by atoms with E-state index in [0.717, 1.165) is 12.1 Å². The number of amides is 1. The van der Waals surface area contributed by atoms with Gasteiger partial charge < -0.3 is 9.84 Å². The first-order valence-corrected chi connectivity index (χ1v) is 13.0. The third-order valence-electron chi connectivity index (χ3n) is 6.21. The minimum absolute atomic E-state index is 0.0380. The summed E-state index contributed by atoms with van der Waals surface area (Å²) >= 11 is 0. The summed E-state index contributed by atoms with van der Waals surface area (Å²) in [6.45, 7) is 4.03. The first-order chi connectivity index (χ1) is 16.8. The van der Waals surface area contributed by atoms with Gasteiger partial charge in [0.05, 0.1) is 0 Å². The van der Waals surface area contributed by atoms with Crippen molar-refractivity contribution in [2.24, 2.45) is 5.92 Å². The molecule has 1 aliphatic rings. The number of nitrogens with zero attached hydrogens (tertiary/aromatic N) is 2. The topological polar surface area (TPSA) is 92.5 Å². The standard InChI is InChI=1S/C26H28FN3O4S/c1-3-19-8-11-22(12-9-19)28-26(31)21-14-16-30(17-15-21)35(32,33)25-18(2)29-34-24(25)13-10-20-6-4-5-7-23(20)27/h4-13,21H,3,14-17H2,1-2H3,(H,28,31). The predicted octanol–water partition coefficient (Wildman–Crippen LogP) is 4.89. The molecule has 0 aliphatic carbocycles. The summed E-state index contributed by atoms with van der Waals surface area (Å²) in [6, 6.07) is 13.9. The van der Waals surface area contributed by atoms with Crippen LogP contribution in [0.2, 0.25) is 0 Å². The Kier molecular flexibility index (Phi) is 7.47. The lowest BCUT2D eigenvalue weighted by Crippen LogP contribution is -2.41. The van der Waals surface area contributed by atoms with E-state index in [1.807, 2.05) is 24.3 Å². The first-order valence-electron chi connectivity index (χ1n) is 11.6. The molecule has 2 heterocycles. The summed E-state index contributed by atoms with van der Waals surface area (Å²) < 4.78 is 47.4. The number of halogens is 1. The smallest absolute Gasteiger partial charge is 0.248 e. The van der Waals surface area contributed by atoms with Gasteiger partial charge in [-0.2, -0.15) is 4.31 Å². The first kappa shape index (κ1) is 24.8. The fourth-order valence-electron chi connectivity index (χ4n) is 4.13. The molecular formula is C26H28FN3O4S. The second-order valence-corrected chi connectivity index (χ2v) is 10.4. The van der Waals surface area contributed by atoms with Crippen LogP contribution in [-0.2, 0) is 21.2 Å². The quantitative estimate of drug-likeness (QED) is 0.502. The van der Waals surface area contributed by atoms with E-state index < -0.39 is 15.8 Å². The molecule has 1 amide bonds. The summed E-state index contributed by atoms with van der Waals surface area (Å²) in [5.74, 6) is -0.774. The molecule has 0 radical (unpaired) electrons. The second-order valence-electron chi connectivity index (χ2n) is 8.53. The van der Waals surface area contributed by atoms with E-state index in [9.17, 15) is 17.6 Å². The summed E-state index contributed by atoms with van der Waals surface area (Å²) in [4.78, 5) is 12.7. The zero-order chi connectivity index (χ0) is 25.0. The number of sulfonamides is 1. The van der Waals surface area contributed by atoms with Crippen molar-refractivity contribution in [2.75, 3.05) is 18.4 Å². The SMILES string of the molecule is CCc1ccc(NC(=O)C2CCN(S(=O)(=O)c3c(C)noc3C=Cc3ccccc3F)CC2)cc1.